The Labute approximate surface area is 232 Å². The standard InChI is InChI=1S/C22H18NP.C12H26NP/c1-23(2)24-19-13-11-15-7-3-5-9-17(15)21(19)22-18-10-6-4-8-16(18)12-14-20(22)24;1-9(2)11-7-6-10(3)8-12(11)14-13(4)5/h3-14H,1-2H3;9-12,14H,6-8H2,1-5H3. The molecule has 0 radical (unpaired) electrons. The first-order valence-corrected chi connectivity index (χ1v) is 16.5. The second kappa shape index (κ2) is 11.7. The molecule has 0 spiro atoms. The number of nitrogens with zero attached hydrogens (tertiary/aromatic N) is 2. The van der Waals surface area contributed by atoms with E-state index in [0.717, 1.165) is 32.1 Å². The number of fused-ring (bicyclic) bond motifs is 7. The maximum Gasteiger partial charge on any atom is 0.0173 e. The van der Waals surface area contributed by atoms with Gasteiger partial charge in [-0.3, -0.25) is 9.34 Å². The predicted octanol–water partition coefficient (Wildman–Crippen LogP) is 10.1. The third kappa shape index (κ3) is 5.39. The van der Waals surface area contributed by atoms with E-state index in [9.17, 15) is 0 Å². The molecule has 0 bridgehead atoms. The summed E-state index contributed by atoms with van der Waals surface area (Å²) < 4.78 is 4.78. The van der Waals surface area contributed by atoms with Crippen molar-refractivity contribution in [2.75, 3.05) is 32.9 Å². The second-order valence-electron chi connectivity index (χ2n) is 12.0. The molecule has 0 aliphatic heterocycles. The molecule has 4 unspecified atom stereocenters. The molecule has 2 nitrogen and oxygen atoms in total. The van der Waals surface area contributed by atoms with Gasteiger partial charge in [-0.1, -0.05) is 87.9 Å². The molecule has 0 N–H and O–H groups in total. The highest BCUT2D eigenvalue weighted by atomic mass is 31.1. The molecular formula is C34H44N2P2. The van der Waals surface area contributed by atoms with Gasteiger partial charge in [-0.25, -0.2) is 0 Å². The first-order chi connectivity index (χ1) is 18.3. The average molecular weight is 543 g/mol. The van der Waals surface area contributed by atoms with Crippen LogP contribution in [0.25, 0.3) is 42.6 Å². The van der Waals surface area contributed by atoms with E-state index < -0.39 is 7.68 Å². The summed E-state index contributed by atoms with van der Waals surface area (Å²) in [4.78, 5) is 0. The molecule has 0 amide bonds. The largest absolute Gasteiger partial charge is 0.290 e. The van der Waals surface area contributed by atoms with Gasteiger partial charge in [0.15, 0.2) is 0 Å². The Morgan fingerprint density at radius 1 is 0.737 bits per heavy atom. The molecule has 6 rings (SSSR count). The van der Waals surface area contributed by atoms with E-state index in [1.54, 1.807) is 0 Å². The van der Waals surface area contributed by atoms with Crippen LogP contribution in [0.1, 0.15) is 40.0 Å². The molecule has 200 valence electrons. The second-order valence-corrected chi connectivity index (χ2v) is 16.3. The summed E-state index contributed by atoms with van der Waals surface area (Å²) in [6.07, 6.45) is 4.38. The molecule has 1 saturated carbocycles. The Balaban J connectivity index is 0.000000181. The first-order valence-electron chi connectivity index (χ1n) is 14.2. The lowest BCUT2D eigenvalue weighted by molar-refractivity contribution is 0.240. The zero-order valence-electron chi connectivity index (χ0n) is 24.2. The highest BCUT2D eigenvalue weighted by Crippen LogP contribution is 2.52. The van der Waals surface area contributed by atoms with Gasteiger partial charge >= 0.3 is 0 Å². The van der Waals surface area contributed by atoms with Crippen molar-refractivity contribution in [2.24, 2.45) is 17.8 Å². The van der Waals surface area contributed by atoms with Crippen molar-refractivity contribution in [2.45, 2.75) is 45.7 Å². The van der Waals surface area contributed by atoms with Crippen molar-refractivity contribution in [3.05, 3.63) is 72.8 Å². The third-order valence-electron chi connectivity index (χ3n) is 8.37. The summed E-state index contributed by atoms with van der Waals surface area (Å²) in [7, 11) is 9.42. The monoisotopic (exact) mass is 542 g/mol. The normalized spacial score (nSPS) is 20.5. The molecular weight excluding hydrogens is 498 g/mol. The van der Waals surface area contributed by atoms with E-state index in [4.69, 9.17) is 0 Å². The minimum atomic E-state index is -0.449. The van der Waals surface area contributed by atoms with Crippen molar-refractivity contribution < 1.29 is 0 Å². The summed E-state index contributed by atoms with van der Waals surface area (Å²) >= 11 is 0. The smallest absolute Gasteiger partial charge is 0.0173 e. The van der Waals surface area contributed by atoms with Gasteiger partial charge in [-0.15, -0.1) is 0 Å². The number of rotatable bonds is 4. The Morgan fingerprint density at radius 2 is 1.26 bits per heavy atom. The van der Waals surface area contributed by atoms with Crippen LogP contribution in [0.3, 0.4) is 0 Å². The highest BCUT2D eigenvalue weighted by molar-refractivity contribution is 7.62. The zero-order chi connectivity index (χ0) is 27.0. The highest BCUT2D eigenvalue weighted by Gasteiger charge is 2.30. The average Bonchev–Trinajstić information content (AvgIpc) is 3.24. The van der Waals surface area contributed by atoms with Crippen molar-refractivity contribution >= 4 is 59.0 Å². The van der Waals surface area contributed by atoms with Crippen LogP contribution < -0.4 is 4.67 Å². The lowest BCUT2D eigenvalue weighted by Gasteiger charge is -2.38. The minimum Gasteiger partial charge on any atom is -0.290 e. The van der Waals surface area contributed by atoms with Crippen LogP contribution in [0.5, 0.6) is 0 Å². The van der Waals surface area contributed by atoms with Gasteiger partial charge in [0, 0.05) is 21.0 Å². The SMILES string of the molecule is CC1CCC(C(C)C)C(PN(C)C)C1.CN(C)p1c2ccc3ccccc3c2c2c3ccccc3ccc21. The van der Waals surface area contributed by atoms with Crippen molar-refractivity contribution in [3.63, 3.8) is 0 Å². The van der Waals surface area contributed by atoms with Crippen LogP contribution >= 0.6 is 16.4 Å². The fraction of sp³-hybridized carbons (Fsp3) is 0.412. The van der Waals surface area contributed by atoms with Crippen molar-refractivity contribution in [1.82, 2.24) is 4.67 Å². The Morgan fingerprint density at radius 3 is 1.74 bits per heavy atom. The summed E-state index contributed by atoms with van der Waals surface area (Å²) in [5, 5.41) is 11.3. The van der Waals surface area contributed by atoms with Crippen LogP contribution in [0, 0.1) is 17.8 Å². The molecule has 4 aromatic carbocycles. The van der Waals surface area contributed by atoms with Crippen LogP contribution in [-0.4, -0.2) is 38.5 Å². The lowest BCUT2D eigenvalue weighted by Crippen LogP contribution is -2.30. The van der Waals surface area contributed by atoms with Gasteiger partial charge in [0.2, 0.25) is 0 Å². The van der Waals surface area contributed by atoms with E-state index >= 15 is 0 Å². The van der Waals surface area contributed by atoms with E-state index in [1.165, 1.54) is 61.8 Å². The van der Waals surface area contributed by atoms with Gasteiger partial charge < -0.3 is 0 Å². The topological polar surface area (TPSA) is 6.48 Å². The van der Waals surface area contributed by atoms with E-state index in [1.807, 2.05) is 0 Å². The molecule has 38 heavy (non-hydrogen) atoms. The van der Waals surface area contributed by atoms with E-state index in [0.29, 0.717) is 0 Å². The molecule has 1 aliphatic rings. The molecule has 1 heterocycles. The van der Waals surface area contributed by atoms with Crippen LogP contribution in [0.4, 0.5) is 0 Å². The Kier molecular flexibility index (Phi) is 8.47. The van der Waals surface area contributed by atoms with E-state index in [2.05, 4.69) is 131 Å². The summed E-state index contributed by atoms with van der Waals surface area (Å²) in [5.74, 6) is 2.81. The molecule has 0 saturated heterocycles. The first kappa shape index (κ1) is 27.6. The zero-order valence-corrected chi connectivity index (χ0v) is 26.1. The molecule has 4 atom stereocenters. The van der Waals surface area contributed by atoms with Gasteiger partial charge in [0.25, 0.3) is 0 Å². The Bertz CT molecular complexity index is 1450. The maximum atomic E-state index is 2.42. The summed E-state index contributed by atoms with van der Waals surface area (Å²) in [6, 6.07) is 26.8. The quantitative estimate of drug-likeness (QED) is 0.209. The predicted molar refractivity (Wildman–Crippen MR) is 176 cm³/mol. The van der Waals surface area contributed by atoms with E-state index in [-0.39, 0.29) is 0 Å². The molecule has 1 aromatic heterocycles. The fourth-order valence-corrected chi connectivity index (χ4v) is 11.0. The van der Waals surface area contributed by atoms with Gasteiger partial charge in [-0.2, -0.15) is 0 Å². The molecule has 4 heteroatoms. The molecule has 5 aromatic rings. The van der Waals surface area contributed by atoms with Crippen molar-refractivity contribution in [3.8, 4) is 0 Å². The summed E-state index contributed by atoms with van der Waals surface area (Å²) in [6.45, 7) is 7.21. The lowest BCUT2D eigenvalue weighted by atomic mass is 9.77. The molecule has 1 aliphatic carbocycles. The van der Waals surface area contributed by atoms with Crippen LogP contribution in [-0.2, 0) is 0 Å². The van der Waals surface area contributed by atoms with Crippen LogP contribution in [0.15, 0.2) is 72.8 Å². The van der Waals surface area contributed by atoms with Gasteiger partial charge in [0.1, 0.15) is 0 Å². The third-order valence-corrected chi connectivity index (χ3v) is 12.3. The maximum absolute atomic E-state index is 2.42. The fourth-order valence-electron chi connectivity index (χ4n) is 6.64. The van der Waals surface area contributed by atoms with Gasteiger partial charge in [-0.05, 0) is 115 Å². The molecule has 1 fully saturated rings. The number of hydrogen-bond acceptors (Lipinski definition) is 2. The Hall–Kier alpha value is -1.95. The minimum absolute atomic E-state index is 0.449. The number of hydrogen-bond donors (Lipinski definition) is 0. The number of benzene rings is 4. The summed E-state index contributed by atoms with van der Waals surface area (Å²) in [5.41, 5.74) is 0.966. The van der Waals surface area contributed by atoms with Crippen molar-refractivity contribution in [1.29, 1.82) is 0 Å². The van der Waals surface area contributed by atoms with Crippen LogP contribution in [0.2, 0.25) is 0 Å². The van der Waals surface area contributed by atoms with Gasteiger partial charge in [0.05, 0.1) is 0 Å².